The number of rotatable bonds is 6. The number of benzene rings is 3. The van der Waals surface area contributed by atoms with Crippen LogP contribution in [-0.2, 0) is 4.79 Å². The smallest absolute Gasteiger partial charge is 0.262 e. The summed E-state index contributed by atoms with van der Waals surface area (Å²) in [5.41, 5.74) is 2.15. The SMILES string of the molecule is CC(=O)c1cccc(NC(=O)COc2cc(N3CCN(C)CC3)c3ccccc3c2Cl)c1. The average Bonchev–Trinajstić information content (AvgIpc) is 2.79. The summed E-state index contributed by atoms with van der Waals surface area (Å²) < 4.78 is 5.86. The van der Waals surface area contributed by atoms with E-state index in [1.54, 1.807) is 24.3 Å². The van der Waals surface area contributed by atoms with E-state index < -0.39 is 0 Å². The number of likely N-dealkylation sites (N-methyl/N-ethyl adjacent to an activating group) is 1. The fourth-order valence-electron chi connectivity index (χ4n) is 3.87. The molecule has 1 heterocycles. The molecule has 0 aliphatic carbocycles. The second kappa shape index (κ2) is 9.59. The van der Waals surface area contributed by atoms with Crippen molar-refractivity contribution in [1.29, 1.82) is 0 Å². The molecule has 1 saturated heterocycles. The van der Waals surface area contributed by atoms with Crippen LogP contribution >= 0.6 is 11.6 Å². The monoisotopic (exact) mass is 451 g/mol. The lowest BCUT2D eigenvalue weighted by atomic mass is 10.1. The van der Waals surface area contributed by atoms with Crippen molar-refractivity contribution in [2.45, 2.75) is 6.92 Å². The molecule has 0 radical (unpaired) electrons. The summed E-state index contributed by atoms with van der Waals surface area (Å²) in [6.07, 6.45) is 0. The van der Waals surface area contributed by atoms with Crippen molar-refractivity contribution < 1.29 is 14.3 Å². The molecule has 1 N–H and O–H groups in total. The molecule has 0 bridgehead atoms. The van der Waals surface area contributed by atoms with Crippen molar-refractivity contribution in [2.75, 3.05) is 50.1 Å². The molecule has 166 valence electrons. The van der Waals surface area contributed by atoms with Crippen molar-refractivity contribution in [3.63, 3.8) is 0 Å². The maximum atomic E-state index is 12.5. The number of ketones is 1. The zero-order valence-electron chi connectivity index (χ0n) is 18.2. The van der Waals surface area contributed by atoms with E-state index in [1.165, 1.54) is 6.92 Å². The van der Waals surface area contributed by atoms with Gasteiger partial charge < -0.3 is 19.9 Å². The number of anilines is 2. The molecule has 0 saturated carbocycles. The molecule has 7 heteroatoms. The van der Waals surface area contributed by atoms with Crippen LogP contribution in [0, 0.1) is 0 Å². The highest BCUT2D eigenvalue weighted by Crippen LogP contribution is 2.39. The van der Waals surface area contributed by atoms with Crippen molar-refractivity contribution in [2.24, 2.45) is 0 Å². The second-order valence-corrected chi connectivity index (χ2v) is 8.40. The maximum Gasteiger partial charge on any atom is 0.262 e. The Morgan fingerprint density at radius 1 is 1.00 bits per heavy atom. The van der Waals surface area contributed by atoms with E-state index in [0.717, 1.165) is 42.6 Å². The van der Waals surface area contributed by atoms with Crippen molar-refractivity contribution in [3.8, 4) is 5.75 Å². The highest BCUT2D eigenvalue weighted by atomic mass is 35.5. The van der Waals surface area contributed by atoms with Gasteiger partial charge in [-0.15, -0.1) is 0 Å². The highest BCUT2D eigenvalue weighted by Gasteiger charge is 2.20. The Balaban J connectivity index is 1.54. The van der Waals surface area contributed by atoms with E-state index >= 15 is 0 Å². The van der Waals surface area contributed by atoms with Gasteiger partial charge in [-0.05, 0) is 26.1 Å². The molecular weight excluding hydrogens is 426 g/mol. The Labute approximate surface area is 192 Å². The van der Waals surface area contributed by atoms with Gasteiger partial charge in [-0.2, -0.15) is 0 Å². The normalized spacial score (nSPS) is 14.4. The molecule has 6 nitrogen and oxygen atoms in total. The molecule has 1 aliphatic rings. The molecule has 0 aromatic heterocycles. The van der Waals surface area contributed by atoms with E-state index in [9.17, 15) is 9.59 Å². The van der Waals surface area contributed by atoms with Crippen LogP contribution in [0.3, 0.4) is 0 Å². The first-order chi connectivity index (χ1) is 15.4. The molecule has 3 aromatic rings. The highest BCUT2D eigenvalue weighted by molar-refractivity contribution is 6.37. The first-order valence-corrected chi connectivity index (χ1v) is 11.0. The number of nitrogens with zero attached hydrogens (tertiary/aromatic N) is 2. The van der Waals surface area contributed by atoms with E-state index in [4.69, 9.17) is 16.3 Å². The Morgan fingerprint density at radius 2 is 1.72 bits per heavy atom. The third kappa shape index (κ3) is 4.87. The minimum Gasteiger partial charge on any atom is -0.482 e. The number of nitrogens with one attached hydrogen (secondary N) is 1. The summed E-state index contributed by atoms with van der Waals surface area (Å²) in [5, 5.41) is 5.23. The minimum absolute atomic E-state index is 0.0586. The number of carbonyl (C=O) groups is 2. The molecule has 0 spiro atoms. The van der Waals surface area contributed by atoms with Crippen molar-refractivity contribution in [1.82, 2.24) is 4.90 Å². The van der Waals surface area contributed by atoms with Crippen molar-refractivity contribution in [3.05, 3.63) is 65.2 Å². The third-order valence-electron chi connectivity index (χ3n) is 5.68. The van der Waals surface area contributed by atoms with Gasteiger partial charge in [0.15, 0.2) is 12.4 Å². The van der Waals surface area contributed by atoms with Crippen LogP contribution in [-0.4, -0.2) is 56.4 Å². The topological polar surface area (TPSA) is 61.9 Å². The van der Waals surface area contributed by atoms with Crippen LogP contribution in [0.2, 0.25) is 5.02 Å². The van der Waals surface area contributed by atoms with Gasteiger partial charge in [-0.3, -0.25) is 9.59 Å². The van der Waals surface area contributed by atoms with Gasteiger partial charge in [0.1, 0.15) is 5.75 Å². The summed E-state index contributed by atoms with van der Waals surface area (Å²) >= 11 is 6.65. The number of halogens is 1. The molecule has 3 aromatic carbocycles. The third-order valence-corrected chi connectivity index (χ3v) is 6.07. The molecular formula is C25H26ClN3O3. The number of hydrogen-bond donors (Lipinski definition) is 1. The number of fused-ring (bicyclic) bond motifs is 1. The van der Waals surface area contributed by atoms with Crippen LogP contribution in [0.25, 0.3) is 10.8 Å². The molecule has 1 aliphatic heterocycles. The van der Waals surface area contributed by atoms with Crippen LogP contribution in [0.1, 0.15) is 17.3 Å². The number of ether oxygens (including phenoxy) is 1. The maximum absolute atomic E-state index is 12.5. The summed E-state index contributed by atoms with van der Waals surface area (Å²) in [7, 11) is 2.12. The number of amides is 1. The summed E-state index contributed by atoms with van der Waals surface area (Å²) in [6, 6.07) is 16.7. The standard InChI is InChI=1S/C25H26ClN3O3/c1-17(30)18-6-5-7-19(14-18)27-24(31)16-32-23-15-22(29-12-10-28(2)11-13-29)20-8-3-4-9-21(20)25(23)26/h3-9,14-15H,10-13,16H2,1-2H3,(H,27,31). The minimum atomic E-state index is -0.323. The Kier molecular flexibility index (Phi) is 6.63. The summed E-state index contributed by atoms with van der Waals surface area (Å²) in [5.74, 6) is 0.0970. The Hall–Kier alpha value is -3.09. The van der Waals surface area contributed by atoms with Crippen LogP contribution in [0.4, 0.5) is 11.4 Å². The summed E-state index contributed by atoms with van der Waals surface area (Å²) in [4.78, 5) is 28.7. The molecule has 4 rings (SSSR count). The van der Waals surface area contributed by atoms with Crippen LogP contribution in [0.15, 0.2) is 54.6 Å². The van der Waals surface area contributed by atoms with E-state index in [-0.39, 0.29) is 18.3 Å². The zero-order chi connectivity index (χ0) is 22.7. The van der Waals surface area contributed by atoms with E-state index in [1.807, 2.05) is 24.3 Å². The van der Waals surface area contributed by atoms with Crippen molar-refractivity contribution >= 4 is 45.4 Å². The van der Waals surface area contributed by atoms with Gasteiger partial charge in [0, 0.05) is 60.0 Å². The number of hydrogen-bond acceptors (Lipinski definition) is 5. The Morgan fingerprint density at radius 3 is 2.44 bits per heavy atom. The van der Waals surface area contributed by atoms with Gasteiger partial charge in [-0.1, -0.05) is 48.0 Å². The first-order valence-electron chi connectivity index (χ1n) is 10.6. The molecule has 0 atom stereocenters. The molecule has 32 heavy (non-hydrogen) atoms. The predicted octanol–water partition coefficient (Wildman–Crippen LogP) is 4.47. The summed E-state index contributed by atoms with van der Waals surface area (Å²) in [6.45, 7) is 5.08. The molecule has 1 fully saturated rings. The average molecular weight is 452 g/mol. The van der Waals surface area contributed by atoms with Gasteiger partial charge in [0.25, 0.3) is 5.91 Å². The molecule has 1 amide bonds. The van der Waals surface area contributed by atoms with Crippen LogP contribution in [0.5, 0.6) is 5.75 Å². The fourth-order valence-corrected chi connectivity index (χ4v) is 4.14. The number of piperazine rings is 1. The van der Waals surface area contributed by atoms with Gasteiger partial charge in [0.2, 0.25) is 0 Å². The van der Waals surface area contributed by atoms with Crippen LogP contribution < -0.4 is 15.0 Å². The lowest BCUT2D eigenvalue weighted by molar-refractivity contribution is -0.118. The molecule has 0 unspecified atom stereocenters. The number of carbonyl (C=O) groups excluding carboxylic acids is 2. The predicted molar refractivity (Wildman–Crippen MR) is 129 cm³/mol. The van der Waals surface area contributed by atoms with Gasteiger partial charge in [0.05, 0.1) is 5.02 Å². The van der Waals surface area contributed by atoms with E-state index in [2.05, 4.69) is 28.2 Å². The van der Waals surface area contributed by atoms with Gasteiger partial charge >= 0.3 is 0 Å². The second-order valence-electron chi connectivity index (χ2n) is 8.02. The lowest BCUT2D eigenvalue weighted by Gasteiger charge is -2.35. The fraction of sp³-hybridized carbons (Fsp3) is 0.280. The zero-order valence-corrected chi connectivity index (χ0v) is 19.0. The largest absolute Gasteiger partial charge is 0.482 e. The lowest BCUT2D eigenvalue weighted by Crippen LogP contribution is -2.44. The quantitative estimate of drug-likeness (QED) is 0.560. The van der Waals surface area contributed by atoms with Gasteiger partial charge in [-0.25, -0.2) is 0 Å². The Bertz CT molecular complexity index is 1160. The van der Waals surface area contributed by atoms with E-state index in [0.29, 0.717) is 22.0 Å². The first kappa shape index (κ1) is 22.1. The number of Topliss-reactive ketones (excluding diaryl/α,β-unsaturated/α-hetero) is 1.